The first-order valence-corrected chi connectivity index (χ1v) is 11.9. The van der Waals surface area contributed by atoms with E-state index in [0.717, 1.165) is 30.4 Å². The molecule has 3 rings (SSSR count). The van der Waals surface area contributed by atoms with Crippen LogP contribution in [0.1, 0.15) is 72.6 Å². The van der Waals surface area contributed by atoms with Crippen molar-refractivity contribution in [1.29, 1.82) is 0 Å². The van der Waals surface area contributed by atoms with Gasteiger partial charge >= 0.3 is 0 Å². The summed E-state index contributed by atoms with van der Waals surface area (Å²) >= 11 is 0. The number of fused-ring (bicyclic) bond motifs is 1. The summed E-state index contributed by atoms with van der Waals surface area (Å²) in [6.07, 6.45) is 13.1. The molecular formula is C28H40O3. The van der Waals surface area contributed by atoms with Crippen LogP contribution in [0.4, 0.5) is 0 Å². The molecule has 0 unspecified atom stereocenters. The molecule has 31 heavy (non-hydrogen) atoms. The van der Waals surface area contributed by atoms with Gasteiger partial charge in [0.2, 0.25) is 0 Å². The van der Waals surface area contributed by atoms with Gasteiger partial charge in [0.15, 0.2) is 0 Å². The maximum absolute atomic E-state index is 10.2. The Hall–Kier alpha value is -1.60. The van der Waals surface area contributed by atoms with Gasteiger partial charge in [-0.05, 0) is 80.8 Å². The number of rotatable bonds is 4. The molecule has 0 heterocycles. The zero-order chi connectivity index (χ0) is 22.8. The van der Waals surface area contributed by atoms with Crippen molar-refractivity contribution >= 4 is 0 Å². The minimum atomic E-state index is -0.934. The van der Waals surface area contributed by atoms with Gasteiger partial charge in [-0.15, -0.1) is 0 Å². The van der Waals surface area contributed by atoms with Crippen LogP contribution in [-0.4, -0.2) is 33.6 Å². The Morgan fingerprint density at radius 1 is 1.35 bits per heavy atom. The zero-order valence-corrected chi connectivity index (χ0v) is 19.7. The van der Waals surface area contributed by atoms with Gasteiger partial charge in [0.25, 0.3) is 0 Å². The fourth-order valence-electron chi connectivity index (χ4n) is 5.91. The number of hydrogen-bond acceptors (Lipinski definition) is 3. The SMILES string of the molecule is C=C1/C(=C\C=C2/CCC[C@]3(C)C([C@H](C)CC#CC(C)(C)O)=CC[C@@H]23)C[C@H](O)C[C@H]1CO. The summed E-state index contributed by atoms with van der Waals surface area (Å²) in [5, 5.41) is 29.7. The molecule has 0 spiro atoms. The summed E-state index contributed by atoms with van der Waals surface area (Å²) in [7, 11) is 0. The van der Waals surface area contributed by atoms with Gasteiger partial charge in [0, 0.05) is 12.3 Å². The third kappa shape index (κ3) is 5.43. The Morgan fingerprint density at radius 3 is 2.77 bits per heavy atom. The van der Waals surface area contributed by atoms with Crippen molar-refractivity contribution in [2.45, 2.75) is 84.3 Å². The molecular weight excluding hydrogens is 384 g/mol. The normalized spacial score (nSPS) is 34.9. The Labute approximate surface area is 188 Å². The summed E-state index contributed by atoms with van der Waals surface area (Å²) in [6.45, 7) is 12.4. The molecule has 0 aromatic heterocycles. The number of hydrogen-bond donors (Lipinski definition) is 3. The van der Waals surface area contributed by atoms with E-state index in [2.05, 4.69) is 50.5 Å². The Kier molecular flexibility index (Phi) is 7.36. The van der Waals surface area contributed by atoms with Crippen LogP contribution >= 0.6 is 0 Å². The molecule has 3 nitrogen and oxygen atoms in total. The van der Waals surface area contributed by atoms with Gasteiger partial charge in [-0.1, -0.05) is 61.6 Å². The van der Waals surface area contributed by atoms with E-state index in [1.807, 2.05) is 0 Å². The van der Waals surface area contributed by atoms with Crippen molar-refractivity contribution in [3.63, 3.8) is 0 Å². The van der Waals surface area contributed by atoms with E-state index in [1.165, 1.54) is 24.0 Å². The van der Waals surface area contributed by atoms with Crippen LogP contribution in [-0.2, 0) is 0 Å². The number of aliphatic hydroxyl groups is 3. The molecule has 0 amide bonds. The third-order valence-electron chi connectivity index (χ3n) is 7.58. The summed E-state index contributed by atoms with van der Waals surface area (Å²) in [5.41, 5.74) is 4.33. The van der Waals surface area contributed by atoms with Crippen LogP contribution < -0.4 is 0 Å². The lowest BCUT2D eigenvalue weighted by molar-refractivity contribution is 0.115. The first-order valence-electron chi connectivity index (χ1n) is 11.9. The predicted octanol–water partition coefficient (Wildman–Crippen LogP) is 5.10. The maximum Gasteiger partial charge on any atom is 0.119 e. The molecule has 0 radical (unpaired) electrons. The smallest absolute Gasteiger partial charge is 0.119 e. The van der Waals surface area contributed by atoms with E-state index in [1.54, 1.807) is 13.8 Å². The van der Waals surface area contributed by atoms with E-state index < -0.39 is 11.7 Å². The van der Waals surface area contributed by atoms with Crippen LogP contribution in [0, 0.1) is 35.0 Å². The minimum Gasteiger partial charge on any atom is -0.396 e. The highest BCUT2D eigenvalue weighted by Crippen LogP contribution is 2.56. The fraction of sp³-hybridized carbons (Fsp3) is 0.643. The molecule has 3 aliphatic carbocycles. The summed E-state index contributed by atoms with van der Waals surface area (Å²) in [5.74, 6) is 7.03. The van der Waals surface area contributed by atoms with Crippen molar-refractivity contribution in [1.82, 2.24) is 0 Å². The van der Waals surface area contributed by atoms with Gasteiger partial charge in [-0.2, -0.15) is 0 Å². The van der Waals surface area contributed by atoms with Gasteiger partial charge in [-0.3, -0.25) is 0 Å². The average Bonchev–Trinajstić information content (AvgIpc) is 3.04. The van der Waals surface area contributed by atoms with Crippen LogP contribution in [0.5, 0.6) is 0 Å². The minimum absolute atomic E-state index is 0.0318. The van der Waals surface area contributed by atoms with Crippen molar-refractivity contribution in [2.24, 2.45) is 23.2 Å². The number of allylic oxidation sites excluding steroid dienone is 5. The molecule has 170 valence electrons. The number of aliphatic hydroxyl groups excluding tert-OH is 2. The summed E-state index contributed by atoms with van der Waals surface area (Å²) in [6, 6.07) is 0. The van der Waals surface area contributed by atoms with Crippen molar-refractivity contribution in [2.75, 3.05) is 6.61 Å². The zero-order valence-electron chi connectivity index (χ0n) is 19.7. The van der Waals surface area contributed by atoms with Gasteiger partial charge in [0.05, 0.1) is 12.7 Å². The second-order valence-electron chi connectivity index (χ2n) is 10.6. The van der Waals surface area contributed by atoms with Crippen LogP contribution in [0.25, 0.3) is 0 Å². The van der Waals surface area contributed by atoms with Crippen LogP contribution in [0.15, 0.2) is 47.1 Å². The highest BCUT2D eigenvalue weighted by Gasteiger charge is 2.45. The van der Waals surface area contributed by atoms with Crippen molar-refractivity contribution in [3.05, 3.63) is 47.1 Å². The highest BCUT2D eigenvalue weighted by molar-refractivity contribution is 5.40. The van der Waals surface area contributed by atoms with Gasteiger partial charge < -0.3 is 15.3 Å². The largest absolute Gasteiger partial charge is 0.396 e. The second kappa shape index (κ2) is 9.49. The molecule has 0 aromatic carbocycles. The van der Waals surface area contributed by atoms with E-state index >= 15 is 0 Å². The molecule has 0 aliphatic heterocycles. The van der Waals surface area contributed by atoms with Crippen molar-refractivity contribution in [3.8, 4) is 11.8 Å². The Bertz CT molecular complexity index is 842. The molecule has 0 saturated heterocycles. The van der Waals surface area contributed by atoms with Gasteiger partial charge in [-0.25, -0.2) is 0 Å². The van der Waals surface area contributed by atoms with Crippen LogP contribution in [0.2, 0.25) is 0 Å². The average molecular weight is 425 g/mol. The van der Waals surface area contributed by atoms with E-state index in [9.17, 15) is 15.3 Å². The molecule has 3 heteroatoms. The Morgan fingerprint density at radius 2 is 2.10 bits per heavy atom. The topological polar surface area (TPSA) is 60.7 Å². The first kappa shape index (κ1) is 24.1. The molecule has 0 bridgehead atoms. The lowest BCUT2D eigenvalue weighted by Gasteiger charge is -2.42. The molecule has 2 saturated carbocycles. The molecule has 5 atom stereocenters. The molecule has 0 aromatic rings. The van der Waals surface area contributed by atoms with E-state index in [0.29, 0.717) is 24.7 Å². The Balaban J connectivity index is 1.77. The lowest BCUT2D eigenvalue weighted by Crippen LogP contribution is -2.32. The molecule has 3 N–H and O–H groups in total. The monoisotopic (exact) mass is 424 g/mol. The standard InChI is InChI=1S/C28H40O3/c1-19(8-6-14-27(3,4)31)25-12-13-26-21(9-7-15-28(25,26)5)10-11-22-16-24(30)17-23(18-29)20(22)2/h10-12,19,23-24,26,29-31H,2,7-9,13,15-18H2,1,3-5H3/b21-10+,22-11-/t19-,23+,24+,26+,28-/m1/s1. The highest BCUT2D eigenvalue weighted by atomic mass is 16.3. The molecule has 3 aliphatic rings. The fourth-order valence-corrected chi connectivity index (χ4v) is 5.91. The molecule has 2 fully saturated rings. The third-order valence-corrected chi connectivity index (χ3v) is 7.58. The maximum atomic E-state index is 10.2. The van der Waals surface area contributed by atoms with E-state index in [4.69, 9.17) is 0 Å². The predicted molar refractivity (Wildman–Crippen MR) is 127 cm³/mol. The lowest BCUT2D eigenvalue weighted by atomic mass is 9.62. The van der Waals surface area contributed by atoms with Gasteiger partial charge in [0.1, 0.15) is 5.60 Å². The summed E-state index contributed by atoms with van der Waals surface area (Å²) < 4.78 is 0. The van der Waals surface area contributed by atoms with Crippen molar-refractivity contribution < 1.29 is 15.3 Å². The quantitative estimate of drug-likeness (QED) is 0.435. The first-order chi connectivity index (χ1) is 14.5. The summed E-state index contributed by atoms with van der Waals surface area (Å²) in [4.78, 5) is 0. The second-order valence-corrected chi connectivity index (χ2v) is 10.6. The van der Waals surface area contributed by atoms with E-state index in [-0.39, 0.29) is 17.9 Å². The van der Waals surface area contributed by atoms with Crippen LogP contribution in [0.3, 0.4) is 0 Å².